The zero-order valence-corrected chi connectivity index (χ0v) is 11.8. The molecule has 1 unspecified atom stereocenters. The molecular formula is C13H20FN3S. The van der Waals surface area contributed by atoms with E-state index >= 15 is 0 Å². The van der Waals surface area contributed by atoms with E-state index < -0.39 is 0 Å². The van der Waals surface area contributed by atoms with Crippen molar-refractivity contribution in [3.05, 3.63) is 23.6 Å². The second kappa shape index (κ2) is 6.38. The van der Waals surface area contributed by atoms with E-state index in [-0.39, 0.29) is 5.82 Å². The van der Waals surface area contributed by atoms with Crippen molar-refractivity contribution in [1.29, 1.82) is 0 Å². The van der Waals surface area contributed by atoms with Gasteiger partial charge >= 0.3 is 0 Å². The Labute approximate surface area is 112 Å². The van der Waals surface area contributed by atoms with Gasteiger partial charge in [0, 0.05) is 42.4 Å². The summed E-state index contributed by atoms with van der Waals surface area (Å²) in [6, 6.07) is 1.75. The normalized spacial score (nSPS) is 20.2. The number of halogens is 1. The van der Waals surface area contributed by atoms with Crippen molar-refractivity contribution < 1.29 is 4.39 Å². The molecule has 1 fully saturated rings. The number of hydrogen-bond acceptors (Lipinski definition) is 4. The van der Waals surface area contributed by atoms with Gasteiger partial charge in [0.15, 0.2) is 11.6 Å². The number of anilines is 1. The fourth-order valence-electron chi connectivity index (χ4n) is 2.10. The molecule has 0 spiro atoms. The molecule has 1 saturated heterocycles. The topological polar surface area (TPSA) is 28.2 Å². The van der Waals surface area contributed by atoms with Crippen LogP contribution >= 0.6 is 11.8 Å². The highest BCUT2D eigenvalue weighted by Gasteiger charge is 2.21. The fraction of sp³-hybridized carbons (Fsp3) is 0.615. The number of pyridine rings is 1. The van der Waals surface area contributed by atoms with Crippen LogP contribution in [-0.4, -0.2) is 35.6 Å². The summed E-state index contributed by atoms with van der Waals surface area (Å²) in [4.78, 5) is 6.28. The largest absolute Gasteiger partial charge is 0.352 e. The fourth-order valence-corrected chi connectivity index (χ4v) is 3.11. The van der Waals surface area contributed by atoms with E-state index in [1.54, 1.807) is 12.3 Å². The maximum Gasteiger partial charge on any atom is 0.170 e. The second-order valence-electron chi connectivity index (χ2n) is 4.52. The van der Waals surface area contributed by atoms with E-state index in [1.807, 2.05) is 18.7 Å². The van der Waals surface area contributed by atoms with Crippen molar-refractivity contribution in [2.24, 2.45) is 0 Å². The van der Waals surface area contributed by atoms with Gasteiger partial charge < -0.3 is 10.2 Å². The van der Waals surface area contributed by atoms with Crippen LogP contribution in [-0.2, 0) is 6.54 Å². The quantitative estimate of drug-likeness (QED) is 0.907. The lowest BCUT2D eigenvalue weighted by Gasteiger charge is -2.31. The van der Waals surface area contributed by atoms with Gasteiger partial charge in [0.05, 0.1) is 0 Å². The van der Waals surface area contributed by atoms with Crippen molar-refractivity contribution in [2.75, 3.05) is 30.3 Å². The molecule has 1 aliphatic rings. The summed E-state index contributed by atoms with van der Waals surface area (Å²) >= 11 is 1.94. The van der Waals surface area contributed by atoms with E-state index in [0.717, 1.165) is 25.4 Å². The van der Waals surface area contributed by atoms with E-state index in [1.165, 1.54) is 0 Å². The van der Waals surface area contributed by atoms with E-state index in [2.05, 4.69) is 22.1 Å². The molecule has 1 atom stereocenters. The number of thioether (sulfide) groups is 1. The van der Waals surface area contributed by atoms with Gasteiger partial charge in [-0.1, -0.05) is 13.8 Å². The molecule has 0 radical (unpaired) electrons. The van der Waals surface area contributed by atoms with Crippen LogP contribution in [0.15, 0.2) is 12.3 Å². The predicted octanol–water partition coefficient (Wildman–Crippen LogP) is 2.27. The molecule has 2 heterocycles. The lowest BCUT2D eigenvalue weighted by Crippen LogP contribution is -2.38. The van der Waals surface area contributed by atoms with E-state index in [4.69, 9.17) is 0 Å². The Morgan fingerprint density at radius 3 is 3.17 bits per heavy atom. The molecule has 2 rings (SSSR count). The Morgan fingerprint density at radius 1 is 1.61 bits per heavy atom. The minimum atomic E-state index is -0.169. The molecule has 0 aromatic carbocycles. The van der Waals surface area contributed by atoms with E-state index in [0.29, 0.717) is 23.2 Å². The van der Waals surface area contributed by atoms with Gasteiger partial charge in [-0.15, -0.1) is 0 Å². The van der Waals surface area contributed by atoms with Crippen LogP contribution in [0.2, 0.25) is 0 Å². The number of rotatable bonds is 4. The summed E-state index contributed by atoms with van der Waals surface area (Å²) < 4.78 is 14.4. The molecule has 0 amide bonds. The number of nitrogens with zero attached hydrogens (tertiary/aromatic N) is 2. The Balaban J connectivity index is 2.16. The highest BCUT2D eigenvalue weighted by atomic mass is 32.2. The standard InChI is InChI=1S/C13H20FN3S/c1-3-15-8-11-4-5-16-13(12(11)14)17-6-7-18-10(2)9-17/h4-5,10,15H,3,6-9H2,1-2H3. The van der Waals surface area contributed by atoms with Gasteiger partial charge in [-0.2, -0.15) is 11.8 Å². The summed E-state index contributed by atoms with van der Waals surface area (Å²) in [5, 5.41) is 3.69. The summed E-state index contributed by atoms with van der Waals surface area (Å²) in [6.45, 7) is 7.36. The second-order valence-corrected chi connectivity index (χ2v) is 6.06. The van der Waals surface area contributed by atoms with Crippen molar-refractivity contribution >= 4 is 17.6 Å². The third kappa shape index (κ3) is 3.14. The molecule has 1 N–H and O–H groups in total. The molecule has 3 nitrogen and oxygen atoms in total. The minimum Gasteiger partial charge on any atom is -0.352 e. The Morgan fingerprint density at radius 2 is 2.44 bits per heavy atom. The van der Waals surface area contributed by atoms with Crippen LogP contribution < -0.4 is 10.2 Å². The molecule has 18 heavy (non-hydrogen) atoms. The van der Waals surface area contributed by atoms with Crippen molar-refractivity contribution in [3.8, 4) is 0 Å². The lowest BCUT2D eigenvalue weighted by molar-refractivity contribution is 0.578. The molecule has 0 bridgehead atoms. The van der Waals surface area contributed by atoms with Crippen LogP contribution in [0.4, 0.5) is 10.2 Å². The van der Waals surface area contributed by atoms with Crippen LogP contribution in [0.3, 0.4) is 0 Å². The number of nitrogens with one attached hydrogen (secondary N) is 1. The van der Waals surface area contributed by atoms with Gasteiger partial charge in [0.2, 0.25) is 0 Å². The third-order valence-corrected chi connectivity index (χ3v) is 4.19. The first-order chi connectivity index (χ1) is 8.72. The predicted molar refractivity (Wildman–Crippen MR) is 75.7 cm³/mol. The minimum absolute atomic E-state index is 0.169. The van der Waals surface area contributed by atoms with Crippen LogP contribution in [0, 0.1) is 5.82 Å². The Hall–Kier alpha value is -0.810. The van der Waals surface area contributed by atoms with Crippen LogP contribution in [0.1, 0.15) is 19.4 Å². The zero-order valence-electron chi connectivity index (χ0n) is 10.9. The molecular weight excluding hydrogens is 249 g/mol. The maximum absolute atomic E-state index is 14.4. The average Bonchev–Trinajstić information content (AvgIpc) is 2.37. The molecule has 1 aliphatic heterocycles. The highest BCUT2D eigenvalue weighted by Crippen LogP contribution is 2.25. The first-order valence-corrected chi connectivity index (χ1v) is 7.48. The first kappa shape index (κ1) is 13.6. The molecule has 0 aliphatic carbocycles. The summed E-state index contributed by atoms with van der Waals surface area (Å²) in [6.07, 6.45) is 1.71. The Kier molecular flexibility index (Phi) is 4.83. The van der Waals surface area contributed by atoms with Gasteiger partial charge in [-0.25, -0.2) is 9.37 Å². The van der Waals surface area contributed by atoms with Crippen molar-refractivity contribution in [3.63, 3.8) is 0 Å². The van der Waals surface area contributed by atoms with Gasteiger partial charge in [0.1, 0.15) is 0 Å². The highest BCUT2D eigenvalue weighted by molar-refractivity contribution is 8.00. The summed E-state index contributed by atoms with van der Waals surface area (Å²) in [7, 11) is 0. The van der Waals surface area contributed by atoms with Gasteiger partial charge in [-0.3, -0.25) is 0 Å². The van der Waals surface area contributed by atoms with Crippen LogP contribution in [0.25, 0.3) is 0 Å². The molecule has 1 aromatic rings. The maximum atomic E-state index is 14.4. The monoisotopic (exact) mass is 269 g/mol. The molecule has 5 heteroatoms. The summed E-state index contributed by atoms with van der Waals surface area (Å²) in [5.41, 5.74) is 0.702. The molecule has 100 valence electrons. The lowest BCUT2D eigenvalue weighted by atomic mass is 10.2. The van der Waals surface area contributed by atoms with E-state index in [9.17, 15) is 4.39 Å². The van der Waals surface area contributed by atoms with Gasteiger partial charge in [0.25, 0.3) is 0 Å². The first-order valence-electron chi connectivity index (χ1n) is 6.43. The number of aromatic nitrogens is 1. The van der Waals surface area contributed by atoms with Gasteiger partial charge in [-0.05, 0) is 12.6 Å². The average molecular weight is 269 g/mol. The zero-order chi connectivity index (χ0) is 13.0. The number of hydrogen-bond donors (Lipinski definition) is 1. The summed E-state index contributed by atoms with van der Waals surface area (Å²) in [5.74, 6) is 1.38. The SMILES string of the molecule is CCNCc1ccnc(N2CCSC(C)C2)c1F. The molecule has 1 aromatic heterocycles. The third-order valence-electron chi connectivity index (χ3n) is 3.06. The van der Waals surface area contributed by atoms with Crippen molar-refractivity contribution in [1.82, 2.24) is 10.3 Å². The van der Waals surface area contributed by atoms with Crippen LogP contribution in [0.5, 0.6) is 0 Å². The molecule has 0 saturated carbocycles. The van der Waals surface area contributed by atoms with Crippen molar-refractivity contribution in [2.45, 2.75) is 25.6 Å². The smallest absolute Gasteiger partial charge is 0.170 e. The Bertz CT molecular complexity index is 400.